The van der Waals surface area contributed by atoms with E-state index in [-0.39, 0.29) is 13.6 Å². The van der Waals surface area contributed by atoms with Crippen LogP contribution in [0, 0.1) is 0 Å². The van der Waals surface area contributed by atoms with Crippen molar-refractivity contribution in [2.75, 3.05) is 18.5 Å². The van der Waals surface area contributed by atoms with Crippen molar-refractivity contribution in [3.05, 3.63) is 60.8 Å². The second-order valence-electron chi connectivity index (χ2n) is 8.06. The average Bonchev–Trinajstić information content (AvgIpc) is 3.46. The van der Waals surface area contributed by atoms with Crippen LogP contribution in [-0.2, 0) is 0 Å². The van der Waals surface area contributed by atoms with Crippen LogP contribution < -0.4 is 23.8 Å². The highest BCUT2D eigenvalue weighted by molar-refractivity contribution is 6.14. The van der Waals surface area contributed by atoms with Gasteiger partial charge in [0, 0.05) is 40.2 Å². The molecule has 158 valence electrons. The second kappa shape index (κ2) is 6.01. The fourth-order valence-corrected chi connectivity index (χ4v) is 4.59. The lowest BCUT2D eigenvalue weighted by atomic mass is 10.0. The monoisotopic (exact) mass is 434 g/mol. The van der Waals surface area contributed by atoms with Gasteiger partial charge in [0.25, 0.3) is 0 Å². The SMILES string of the molecule is C1=CC2=Nc3nc4cc5c(cc4cc3-c3cc4cc6c(cc4nc3N2C=C1)OCO6)OCO5. The number of aromatic nitrogens is 2. The molecule has 4 aromatic rings. The van der Waals surface area contributed by atoms with E-state index in [0.717, 1.165) is 56.1 Å². The number of amidine groups is 1. The van der Waals surface area contributed by atoms with Crippen LogP contribution >= 0.6 is 0 Å². The predicted molar refractivity (Wildman–Crippen MR) is 123 cm³/mol. The van der Waals surface area contributed by atoms with Gasteiger partial charge < -0.3 is 18.9 Å². The number of ether oxygens (including phenoxy) is 4. The lowest BCUT2D eigenvalue weighted by Crippen LogP contribution is -2.25. The minimum Gasteiger partial charge on any atom is -0.454 e. The van der Waals surface area contributed by atoms with E-state index in [4.69, 9.17) is 33.9 Å². The fourth-order valence-electron chi connectivity index (χ4n) is 4.59. The Hall–Kier alpha value is -4.59. The molecule has 0 radical (unpaired) electrons. The first-order valence-electron chi connectivity index (χ1n) is 10.5. The minimum atomic E-state index is 0.217. The van der Waals surface area contributed by atoms with Gasteiger partial charge >= 0.3 is 0 Å². The Labute approximate surface area is 187 Å². The van der Waals surface area contributed by atoms with E-state index in [1.807, 2.05) is 53.6 Å². The van der Waals surface area contributed by atoms with Gasteiger partial charge in [-0.1, -0.05) is 6.08 Å². The van der Waals surface area contributed by atoms with Crippen molar-refractivity contribution in [1.82, 2.24) is 9.97 Å². The first-order valence-corrected chi connectivity index (χ1v) is 10.5. The van der Waals surface area contributed by atoms with E-state index in [1.165, 1.54) is 0 Å². The Kier molecular flexibility index (Phi) is 3.10. The summed E-state index contributed by atoms with van der Waals surface area (Å²) in [6, 6.07) is 12.0. The summed E-state index contributed by atoms with van der Waals surface area (Å²) in [6.07, 6.45) is 7.84. The first-order chi connectivity index (χ1) is 16.3. The third-order valence-corrected chi connectivity index (χ3v) is 6.16. The Morgan fingerprint density at radius 3 is 2.03 bits per heavy atom. The van der Waals surface area contributed by atoms with E-state index in [0.29, 0.717) is 17.3 Å². The molecule has 33 heavy (non-hydrogen) atoms. The highest BCUT2D eigenvalue weighted by Crippen LogP contribution is 2.45. The van der Waals surface area contributed by atoms with Crippen LogP contribution in [0.2, 0.25) is 0 Å². The molecule has 2 aromatic carbocycles. The molecule has 0 saturated heterocycles. The molecule has 4 aliphatic heterocycles. The topological polar surface area (TPSA) is 78.3 Å². The molecule has 0 saturated carbocycles. The quantitative estimate of drug-likeness (QED) is 0.392. The van der Waals surface area contributed by atoms with Crippen molar-refractivity contribution in [1.29, 1.82) is 0 Å². The number of hydrogen-bond acceptors (Lipinski definition) is 8. The molecule has 2 aromatic heterocycles. The maximum atomic E-state index is 5.59. The largest absolute Gasteiger partial charge is 0.454 e. The summed E-state index contributed by atoms with van der Waals surface area (Å²) in [5.41, 5.74) is 3.44. The van der Waals surface area contributed by atoms with Crippen molar-refractivity contribution in [3.63, 3.8) is 0 Å². The van der Waals surface area contributed by atoms with Gasteiger partial charge in [-0.3, -0.25) is 4.90 Å². The zero-order valence-electron chi connectivity index (χ0n) is 17.1. The Morgan fingerprint density at radius 1 is 0.667 bits per heavy atom. The molecule has 8 nitrogen and oxygen atoms in total. The summed E-state index contributed by atoms with van der Waals surface area (Å²) in [5.74, 6) is 5.00. The van der Waals surface area contributed by atoms with Gasteiger partial charge in [-0.25, -0.2) is 15.0 Å². The fraction of sp³-hybridized carbons (Fsp3) is 0.0800. The highest BCUT2D eigenvalue weighted by atomic mass is 16.7. The van der Waals surface area contributed by atoms with Gasteiger partial charge in [-0.15, -0.1) is 0 Å². The van der Waals surface area contributed by atoms with Gasteiger partial charge in [0.1, 0.15) is 11.7 Å². The van der Waals surface area contributed by atoms with Gasteiger partial charge in [0.2, 0.25) is 13.6 Å². The van der Waals surface area contributed by atoms with Crippen LogP contribution in [0.3, 0.4) is 0 Å². The summed E-state index contributed by atoms with van der Waals surface area (Å²) in [4.78, 5) is 16.8. The third kappa shape index (κ3) is 2.37. The van der Waals surface area contributed by atoms with Crippen molar-refractivity contribution in [2.24, 2.45) is 4.99 Å². The smallest absolute Gasteiger partial charge is 0.231 e. The average molecular weight is 434 g/mol. The normalized spacial score (nSPS) is 16.5. The van der Waals surface area contributed by atoms with Crippen LogP contribution in [0.1, 0.15) is 0 Å². The molecular weight excluding hydrogens is 420 g/mol. The van der Waals surface area contributed by atoms with Crippen molar-refractivity contribution in [3.8, 4) is 34.1 Å². The molecule has 0 N–H and O–H groups in total. The molecule has 0 bridgehead atoms. The van der Waals surface area contributed by atoms with Crippen LogP contribution in [0.5, 0.6) is 23.0 Å². The van der Waals surface area contributed by atoms with Crippen LogP contribution in [0.4, 0.5) is 11.6 Å². The second-order valence-corrected chi connectivity index (χ2v) is 8.06. The maximum absolute atomic E-state index is 5.59. The number of allylic oxidation sites excluding steroid dienone is 2. The number of rotatable bonds is 0. The van der Waals surface area contributed by atoms with Crippen LogP contribution in [0.25, 0.3) is 32.9 Å². The zero-order valence-corrected chi connectivity index (χ0v) is 17.1. The van der Waals surface area contributed by atoms with Gasteiger partial charge in [0.05, 0.1) is 11.0 Å². The number of benzene rings is 2. The Bertz CT molecular complexity index is 1640. The third-order valence-electron chi connectivity index (χ3n) is 6.16. The summed E-state index contributed by atoms with van der Waals surface area (Å²) >= 11 is 0. The number of aliphatic imine (C=N–C) groups is 1. The van der Waals surface area contributed by atoms with E-state index in [1.54, 1.807) is 0 Å². The summed E-state index contributed by atoms with van der Waals surface area (Å²) in [5, 5.41) is 1.90. The zero-order chi connectivity index (χ0) is 21.5. The molecule has 0 fully saturated rings. The molecule has 0 spiro atoms. The number of fused-ring (bicyclic) bond motifs is 9. The van der Waals surface area contributed by atoms with Gasteiger partial charge in [0.15, 0.2) is 28.8 Å². The van der Waals surface area contributed by atoms with Crippen molar-refractivity contribution < 1.29 is 18.9 Å². The van der Waals surface area contributed by atoms with Crippen molar-refractivity contribution in [2.45, 2.75) is 0 Å². The summed E-state index contributed by atoms with van der Waals surface area (Å²) in [7, 11) is 0. The lowest BCUT2D eigenvalue weighted by molar-refractivity contribution is 0.173. The molecule has 0 aliphatic carbocycles. The Balaban J connectivity index is 1.45. The number of hydrogen-bond donors (Lipinski definition) is 0. The molecule has 8 rings (SSSR count). The molecule has 0 amide bonds. The van der Waals surface area contributed by atoms with Crippen LogP contribution in [-0.4, -0.2) is 29.4 Å². The number of nitrogens with zero attached hydrogens (tertiary/aromatic N) is 4. The first kappa shape index (κ1) is 17.0. The number of anilines is 1. The standard InChI is InChI=1S/C25H14N4O4/c1-2-4-29-23(3-1)28-24-15(5-13-7-19-21(32-11-30-19)9-17(13)26-24)16-6-14-8-20-22(33-12-31-20)10-18(14)27-25(16)29/h1-10H,11-12H2. The Morgan fingerprint density at radius 2 is 1.30 bits per heavy atom. The maximum Gasteiger partial charge on any atom is 0.231 e. The summed E-state index contributed by atoms with van der Waals surface area (Å²) in [6.45, 7) is 0.436. The van der Waals surface area contributed by atoms with Gasteiger partial charge in [-0.05, 0) is 36.4 Å². The molecule has 0 unspecified atom stereocenters. The molecule has 8 heteroatoms. The van der Waals surface area contributed by atoms with E-state index < -0.39 is 0 Å². The molecular formula is C25H14N4O4. The lowest BCUT2D eigenvalue weighted by Gasteiger charge is -2.22. The van der Waals surface area contributed by atoms with Gasteiger partial charge in [-0.2, -0.15) is 0 Å². The minimum absolute atomic E-state index is 0.217. The highest BCUT2D eigenvalue weighted by Gasteiger charge is 2.27. The van der Waals surface area contributed by atoms with E-state index >= 15 is 0 Å². The molecule has 6 heterocycles. The van der Waals surface area contributed by atoms with Crippen molar-refractivity contribution >= 4 is 39.3 Å². The molecule has 4 aliphatic rings. The van der Waals surface area contributed by atoms with Crippen LogP contribution in [0.15, 0.2) is 65.8 Å². The number of pyridine rings is 2. The van der Waals surface area contributed by atoms with E-state index in [9.17, 15) is 0 Å². The van der Waals surface area contributed by atoms with E-state index in [2.05, 4.69) is 12.1 Å². The predicted octanol–water partition coefficient (Wildman–Crippen LogP) is 4.84. The summed E-state index contributed by atoms with van der Waals surface area (Å²) < 4.78 is 22.3. The molecule has 0 atom stereocenters.